The lowest BCUT2D eigenvalue weighted by Gasteiger charge is -2.07. The zero-order valence-corrected chi connectivity index (χ0v) is 6.81. The van der Waals surface area contributed by atoms with Crippen LogP contribution < -0.4 is 5.59 Å². The molecule has 0 radical (unpaired) electrons. The Labute approximate surface area is 68.8 Å². The lowest BCUT2D eigenvalue weighted by atomic mass is 10.0. The lowest BCUT2D eigenvalue weighted by Crippen LogP contribution is -2.27. The first-order valence-electron chi connectivity index (χ1n) is 3.46. The fraction of sp³-hybridized carbons (Fsp3) is 0.500. The number of hydrogen-bond donors (Lipinski definition) is 0. The van der Waals surface area contributed by atoms with Crippen molar-refractivity contribution in [3.63, 3.8) is 0 Å². The Balaban J connectivity index is 2.82. The van der Waals surface area contributed by atoms with Crippen molar-refractivity contribution >= 4 is 13.4 Å². The van der Waals surface area contributed by atoms with Crippen molar-refractivity contribution in [2.45, 2.75) is 19.6 Å². The molecule has 0 saturated heterocycles. The molecule has 0 N–H and O–H groups in total. The Morgan fingerprint density at radius 1 is 1.58 bits per heavy atom. The fourth-order valence-electron chi connectivity index (χ4n) is 1.00. The average molecular weight is 176 g/mol. The monoisotopic (exact) mass is 176 g/mol. The maximum atomic E-state index is 11.9. The van der Waals surface area contributed by atoms with E-state index in [9.17, 15) is 13.2 Å². The van der Waals surface area contributed by atoms with Crippen molar-refractivity contribution in [3.8, 4) is 0 Å². The molecule has 1 aromatic rings. The fourth-order valence-corrected chi connectivity index (χ4v) is 1.00. The van der Waals surface area contributed by atoms with Gasteiger partial charge in [-0.3, -0.25) is 4.68 Å². The first kappa shape index (κ1) is 9.16. The third-order valence-electron chi connectivity index (χ3n) is 1.43. The molecule has 0 spiro atoms. The van der Waals surface area contributed by atoms with Gasteiger partial charge in [-0.1, -0.05) is 0 Å². The minimum absolute atomic E-state index is 0.532. The summed E-state index contributed by atoms with van der Waals surface area (Å²) in [5.74, 6) is 0. The number of hydrogen-bond acceptors (Lipinski definition) is 1. The summed E-state index contributed by atoms with van der Waals surface area (Å²) in [4.78, 5) is 0. The Kier molecular flexibility index (Phi) is 2.17. The molecule has 0 atom stereocenters. The number of rotatable bonds is 1. The van der Waals surface area contributed by atoms with Crippen LogP contribution in [0.2, 0.25) is 0 Å². The van der Waals surface area contributed by atoms with Gasteiger partial charge in [0.1, 0.15) is 6.54 Å². The molecule has 2 nitrogen and oxygen atoms in total. The van der Waals surface area contributed by atoms with Crippen LogP contribution in [0.3, 0.4) is 0 Å². The highest BCUT2D eigenvalue weighted by molar-refractivity contribution is 6.30. The van der Waals surface area contributed by atoms with E-state index in [0.29, 0.717) is 11.3 Å². The lowest BCUT2D eigenvalue weighted by molar-refractivity contribution is -0.142. The predicted molar refractivity (Wildman–Crippen MR) is 41.2 cm³/mol. The zero-order valence-electron chi connectivity index (χ0n) is 6.81. The number of alkyl halides is 3. The molecule has 12 heavy (non-hydrogen) atoms. The van der Waals surface area contributed by atoms with Crippen LogP contribution in [-0.4, -0.2) is 23.8 Å². The second-order valence-electron chi connectivity index (χ2n) is 2.70. The van der Waals surface area contributed by atoms with E-state index in [1.807, 2.05) is 0 Å². The Morgan fingerprint density at radius 3 is 2.50 bits per heavy atom. The smallest absolute Gasteiger partial charge is 0.270 e. The average Bonchev–Trinajstić information content (AvgIpc) is 2.06. The summed E-state index contributed by atoms with van der Waals surface area (Å²) in [6.45, 7) is 0.659. The van der Waals surface area contributed by atoms with Crippen LogP contribution in [0.5, 0.6) is 0 Å². The summed E-state index contributed by atoms with van der Waals surface area (Å²) in [7, 11) is 1.60. The minimum Gasteiger partial charge on any atom is -0.270 e. The number of aryl methyl sites for hydroxylation is 1. The van der Waals surface area contributed by atoms with Crippen LogP contribution >= 0.6 is 0 Å². The second-order valence-corrected chi connectivity index (χ2v) is 2.70. The molecular weight excluding hydrogens is 168 g/mol. The van der Waals surface area contributed by atoms with Gasteiger partial charge in [-0.2, -0.15) is 18.3 Å². The number of halogens is 3. The molecule has 0 aliphatic rings. The van der Waals surface area contributed by atoms with Crippen LogP contribution in [-0.2, 0) is 6.54 Å². The van der Waals surface area contributed by atoms with Crippen molar-refractivity contribution in [1.29, 1.82) is 0 Å². The molecule has 0 aliphatic carbocycles. The second kappa shape index (κ2) is 2.84. The van der Waals surface area contributed by atoms with Crippen LogP contribution in [0.25, 0.3) is 0 Å². The zero-order chi connectivity index (χ0) is 9.35. The summed E-state index contributed by atoms with van der Waals surface area (Å²) in [5, 5.41) is 3.69. The molecule has 1 heterocycles. The largest absolute Gasteiger partial charge is 0.407 e. The minimum atomic E-state index is -4.19. The molecule has 0 bridgehead atoms. The van der Waals surface area contributed by atoms with Gasteiger partial charge in [0.25, 0.3) is 0 Å². The highest BCUT2D eigenvalue weighted by atomic mass is 19.4. The number of aromatic nitrogens is 2. The SMILES string of the molecule is Bc1cc(C)nn1CC(F)(F)F. The van der Waals surface area contributed by atoms with E-state index in [1.54, 1.807) is 20.8 Å². The first-order valence-corrected chi connectivity index (χ1v) is 3.46. The third kappa shape index (κ3) is 2.28. The molecule has 66 valence electrons. The molecule has 0 aromatic carbocycles. The van der Waals surface area contributed by atoms with Gasteiger partial charge in [-0.25, -0.2) is 0 Å². The van der Waals surface area contributed by atoms with Crippen molar-refractivity contribution in [1.82, 2.24) is 9.78 Å². The molecule has 0 unspecified atom stereocenters. The summed E-state index contributed by atoms with van der Waals surface area (Å²) in [6.07, 6.45) is -4.19. The van der Waals surface area contributed by atoms with Crippen LogP contribution in [0.4, 0.5) is 13.2 Å². The molecule has 1 rings (SSSR count). The summed E-state index contributed by atoms with van der Waals surface area (Å²) >= 11 is 0. The van der Waals surface area contributed by atoms with E-state index in [-0.39, 0.29) is 0 Å². The van der Waals surface area contributed by atoms with Gasteiger partial charge in [-0.05, 0) is 18.6 Å². The van der Waals surface area contributed by atoms with Gasteiger partial charge in [0.05, 0.1) is 5.69 Å². The molecule has 6 heteroatoms. The normalized spacial score (nSPS) is 12.0. The van der Waals surface area contributed by atoms with E-state index in [1.165, 1.54) is 0 Å². The van der Waals surface area contributed by atoms with E-state index in [4.69, 9.17) is 0 Å². The van der Waals surface area contributed by atoms with Crippen molar-refractivity contribution in [2.75, 3.05) is 0 Å². The summed E-state index contributed by atoms with van der Waals surface area (Å²) in [6, 6.07) is 1.62. The summed E-state index contributed by atoms with van der Waals surface area (Å²) < 4.78 is 36.6. The van der Waals surface area contributed by atoms with Gasteiger partial charge < -0.3 is 0 Å². The molecule has 0 saturated carbocycles. The topological polar surface area (TPSA) is 17.8 Å². The quantitative estimate of drug-likeness (QED) is 0.551. The predicted octanol–water partition coefficient (Wildman–Crippen LogP) is 0.0122. The Hall–Kier alpha value is -0.935. The Bertz CT molecular complexity index is 279. The van der Waals surface area contributed by atoms with Crippen molar-refractivity contribution < 1.29 is 13.2 Å². The van der Waals surface area contributed by atoms with E-state index in [2.05, 4.69) is 5.10 Å². The van der Waals surface area contributed by atoms with Gasteiger partial charge >= 0.3 is 6.18 Å². The maximum absolute atomic E-state index is 11.9. The maximum Gasteiger partial charge on any atom is 0.407 e. The highest BCUT2D eigenvalue weighted by Crippen LogP contribution is 2.16. The van der Waals surface area contributed by atoms with Gasteiger partial charge in [0.15, 0.2) is 7.85 Å². The standard InChI is InChI=1S/C6H8BF3N2/c1-4-2-5(7)12(11-4)3-6(8,9)10/h2H,3,7H2,1H3. The van der Waals surface area contributed by atoms with Crippen LogP contribution in [0, 0.1) is 6.92 Å². The molecule has 0 fully saturated rings. The summed E-state index contributed by atoms with van der Waals surface area (Å²) in [5.41, 5.74) is 1.14. The van der Waals surface area contributed by atoms with Crippen LogP contribution in [0.15, 0.2) is 6.07 Å². The molecule has 1 aromatic heterocycles. The van der Waals surface area contributed by atoms with E-state index >= 15 is 0 Å². The Morgan fingerprint density at radius 2 is 2.17 bits per heavy atom. The number of nitrogens with zero attached hydrogens (tertiary/aromatic N) is 2. The third-order valence-corrected chi connectivity index (χ3v) is 1.43. The van der Waals surface area contributed by atoms with Gasteiger partial charge in [0, 0.05) is 0 Å². The van der Waals surface area contributed by atoms with E-state index < -0.39 is 12.7 Å². The first-order chi connectivity index (χ1) is 5.38. The van der Waals surface area contributed by atoms with Gasteiger partial charge in [0.2, 0.25) is 0 Å². The molecular formula is C6H8BF3N2. The van der Waals surface area contributed by atoms with Crippen molar-refractivity contribution in [3.05, 3.63) is 11.8 Å². The van der Waals surface area contributed by atoms with Gasteiger partial charge in [-0.15, -0.1) is 0 Å². The van der Waals surface area contributed by atoms with Crippen LogP contribution in [0.1, 0.15) is 5.69 Å². The van der Waals surface area contributed by atoms with Crippen molar-refractivity contribution in [2.24, 2.45) is 0 Å². The highest BCUT2D eigenvalue weighted by Gasteiger charge is 2.28. The molecule has 0 amide bonds. The molecule has 0 aliphatic heterocycles. The van der Waals surface area contributed by atoms with E-state index in [0.717, 1.165) is 4.68 Å².